The molecule has 3 unspecified atom stereocenters. The first-order chi connectivity index (χ1) is 7.63. The molecule has 2 fully saturated rings. The van der Waals surface area contributed by atoms with Crippen molar-refractivity contribution in [3.63, 3.8) is 0 Å². The van der Waals surface area contributed by atoms with Gasteiger partial charge in [0.2, 0.25) is 5.91 Å². The minimum atomic E-state index is -0.498. The molecule has 3 atom stereocenters. The van der Waals surface area contributed by atoms with Crippen LogP contribution in [-0.4, -0.2) is 47.9 Å². The topological polar surface area (TPSA) is 47.3 Å². The number of nitriles is 1. The van der Waals surface area contributed by atoms with Crippen molar-refractivity contribution in [1.82, 2.24) is 9.80 Å². The number of rotatable bonds is 1. The van der Waals surface area contributed by atoms with Gasteiger partial charge in [0.1, 0.15) is 5.92 Å². The van der Waals surface area contributed by atoms with E-state index in [0.717, 1.165) is 19.5 Å². The maximum atomic E-state index is 11.9. The van der Waals surface area contributed by atoms with E-state index < -0.39 is 5.92 Å². The summed E-state index contributed by atoms with van der Waals surface area (Å²) in [5.74, 6) is -0.495. The van der Waals surface area contributed by atoms with Crippen LogP contribution < -0.4 is 0 Å². The third kappa shape index (κ3) is 1.92. The highest BCUT2D eigenvalue weighted by molar-refractivity contribution is 5.80. The predicted octanol–water partition coefficient (Wildman–Crippen LogP) is 0.841. The standard InChI is InChI=1S/C12H19N3O/c1-9(7-13)12(16)15-6-5-10-3-4-11(8-15)14(10)2/h9-11H,3-6,8H2,1-2H3. The van der Waals surface area contributed by atoms with Gasteiger partial charge in [0.25, 0.3) is 0 Å². The summed E-state index contributed by atoms with van der Waals surface area (Å²) in [6, 6.07) is 3.17. The lowest BCUT2D eigenvalue weighted by Gasteiger charge is -2.26. The van der Waals surface area contributed by atoms with E-state index in [-0.39, 0.29) is 5.91 Å². The van der Waals surface area contributed by atoms with Gasteiger partial charge in [-0.25, -0.2) is 0 Å². The second kappa shape index (κ2) is 4.42. The molecule has 2 aliphatic heterocycles. The fourth-order valence-corrected chi connectivity index (χ4v) is 2.84. The highest BCUT2D eigenvalue weighted by Gasteiger charge is 2.36. The molecule has 0 radical (unpaired) electrons. The smallest absolute Gasteiger partial charge is 0.239 e. The molecule has 2 rings (SSSR count). The van der Waals surface area contributed by atoms with E-state index in [1.54, 1.807) is 6.92 Å². The van der Waals surface area contributed by atoms with E-state index in [1.807, 2.05) is 11.0 Å². The average molecular weight is 221 g/mol. The second-order valence-electron chi connectivity index (χ2n) is 4.97. The molecule has 4 nitrogen and oxygen atoms in total. The van der Waals surface area contributed by atoms with E-state index in [1.165, 1.54) is 12.8 Å². The van der Waals surface area contributed by atoms with Gasteiger partial charge in [-0.1, -0.05) is 0 Å². The number of carbonyl (C=O) groups is 1. The summed E-state index contributed by atoms with van der Waals surface area (Å²) < 4.78 is 0. The third-order valence-electron chi connectivity index (χ3n) is 4.02. The van der Waals surface area contributed by atoms with Gasteiger partial charge >= 0.3 is 0 Å². The van der Waals surface area contributed by atoms with E-state index in [2.05, 4.69) is 11.9 Å². The summed E-state index contributed by atoms with van der Waals surface area (Å²) in [7, 11) is 2.16. The molecule has 0 aromatic carbocycles. The molecule has 2 bridgehead atoms. The Labute approximate surface area is 96.8 Å². The molecule has 2 aliphatic rings. The lowest BCUT2D eigenvalue weighted by Crippen LogP contribution is -2.41. The fraction of sp³-hybridized carbons (Fsp3) is 0.833. The number of carbonyl (C=O) groups excluding carboxylic acids is 1. The van der Waals surface area contributed by atoms with E-state index in [4.69, 9.17) is 5.26 Å². The Balaban J connectivity index is 2.04. The predicted molar refractivity (Wildman–Crippen MR) is 60.5 cm³/mol. The van der Waals surface area contributed by atoms with Crippen LogP contribution >= 0.6 is 0 Å². The highest BCUT2D eigenvalue weighted by Crippen LogP contribution is 2.28. The lowest BCUT2D eigenvalue weighted by atomic mass is 10.1. The van der Waals surface area contributed by atoms with Gasteiger partial charge in [0.15, 0.2) is 0 Å². The van der Waals surface area contributed by atoms with E-state index in [9.17, 15) is 4.79 Å². The zero-order valence-electron chi connectivity index (χ0n) is 10.0. The normalized spacial score (nSPS) is 31.9. The summed E-state index contributed by atoms with van der Waals surface area (Å²) in [6.45, 7) is 3.31. The maximum absolute atomic E-state index is 11.9. The zero-order chi connectivity index (χ0) is 11.7. The Morgan fingerprint density at radius 2 is 2.06 bits per heavy atom. The molecule has 16 heavy (non-hydrogen) atoms. The van der Waals surface area contributed by atoms with Crippen LogP contribution in [0.3, 0.4) is 0 Å². The number of likely N-dealkylation sites (tertiary alicyclic amines) is 1. The molecule has 0 N–H and O–H groups in total. The van der Waals surface area contributed by atoms with E-state index in [0.29, 0.717) is 12.1 Å². The van der Waals surface area contributed by atoms with Crippen molar-refractivity contribution in [2.45, 2.75) is 38.3 Å². The Morgan fingerprint density at radius 1 is 1.38 bits per heavy atom. The SMILES string of the molecule is CC(C#N)C(=O)N1CCC2CCC(C1)N2C. The largest absolute Gasteiger partial charge is 0.340 e. The molecular weight excluding hydrogens is 202 g/mol. The first kappa shape index (κ1) is 11.4. The van der Waals surface area contributed by atoms with Gasteiger partial charge in [0.05, 0.1) is 6.07 Å². The summed E-state index contributed by atoms with van der Waals surface area (Å²) in [5, 5.41) is 8.78. The average Bonchev–Trinajstić information content (AvgIpc) is 2.51. The molecule has 0 aromatic rings. The van der Waals surface area contributed by atoms with E-state index >= 15 is 0 Å². The molecule has 0 saturated carbocycles. The van der Waals surface area contributed by atoms with Crippen LogP contribution in [0, 0.1) is 17.2 Å². The summed E-state index contributed by atoms with van der Waals surface area (Å²) in [4.78, 5) is 16.2. The summed E-state index contributed by atoms with van der Waals surface area (Å²) >= 11 is 0. The van der Waals surface area contributed by atoms with Gasteiger partial charge in [-0.2, -0.15) is 5.26 Å². The van der Waals surface area contributed by atoms with Crippen LogP contribution in [0.5, 0.6) is 0 Å². The molecule has 2 heterocycles. The third-order valence-corrected chi connectivity index (χ3v) is 4.02. The summed E-state index contributed by atoms with van der Waals surface area (Å²) in [6.07, 6.45) is 3.50. The van der Waals surface area contributed by atoms with Crippen LogP contribution in [0.25, 0.3) is 0 Å². The van der Waals surface area contributed by atoms with Gasteiger partial charge in [-0.05, 0) is 33.2 Å². The number of hydrogen-bond acceptors (Lipinski definition) is 3. The van der Waals surface area contributed by atoms with Gasteiger partial charge in [0, 0.05) is 25.2 Å². The number of fused-ring (bicyclic) bond motifs is 2. The lowest BCUT2D eigenvalue weighted by molar-refractivity contribution is -0.133. The van der Waals surface area contributed by atoms with Gasteiger partial charge in [-0.15, -0.1) is 0 Å². The van der Waals surface area contributed by atoms with Crippen molar-refractivity contribution < 1.29 is 4.79 Å². The zero-order valence-corrected chi connectivity index (χ0v) is 10.0. The number of amides is 1. The van der Waals surface area contributed by atoms with Gasteiger partial charge in [-0.3, -0.25) is 9.69 Å². The molecule has 1 amide bonds. The van der Waals surface area contributed by atoms with Crippen LogP contribution in [0.4, 0.5) is 0 Å². The number of hydrogen-bond donors (Lipinski definition) is 0. The minimum absolute atomic E-state index is 0.00319. The van der Waals surface area contributed by atoms with Crippen LogP contribution in [0.15, 0.2) is 0 Å². The Hall–Kier alpha value is -1.08. The Morgan fingerprint density at radius 3 is 2.75 bits per heavy atom. The minimum Gasteiger partial charge on any atom is -0.340 e. The number of nitrogens with zero attached hydrogens (tertiary/aromatic N) is 3. The molecule has 0 aromatic heterocycles. The Kier molecular flexibility index (Phi) is 3.15. The van der Waals surface area contributed by atoms with Crippen molar-refractivity contribution in [3.8, 4) is 6.07 Å². The van der Waals surface area contributed by atoms with Crippen LogP contribution in [-0.2, 0) is 4.79 Å². The monoisotopic (exact) mass is 221 g/mol. The molecule has 0 aliphatic carbocycles. The maximum Gasteiger partial charge on any atom is 0.239 e. The second-order valence-corrected chi connectivity index (χ2v) is 4.97. The fourth-order valence-electron chi connectivity index (χ4n) is 2.84. The van der Waals surface area contributed by atoms with Crippen LogP contribution in [0.2, 0.25) is 0 Å². The molecule has 2 saturated heterocycles. The number of likely N-dealkylation sites (N-methyl/N-ethyl adjacent to an activating group) is 1. The molecule has 0 spiro atoms. The molecule has 4 heteroatoms. The Bertz CT molecular complexity index is 323. The first-order valence-electron chi connectivity index (χ1n) is 6.04. The molecular formula is C12H19N3O. The molecule has 88 valence electrons. The van der Waals surface area contributed by atoms with Gasteiger partial charge < -0.3 is 4.90 Å². The van der Waals surface area contributed by atoms with Crippen LogP contribution in [0.1, 0.15) is 26.2 Å². The highest BCUT2D eigenvalue weighted by atomic mass is 16.2. The first-order valence-corrected chi connectivity index (χ1v) is 6.04. The van der Waals surface area contributed by atoms with Crippen molar-refractivity contribution in [2.24, 2.45) is 5.92 Å². The van der Waals surface area contributed by atoms with Crippen molar-refractivity contribution in [3.05, 3.63) is 0 Å². The quantitative estimate of drug-likeness (QED) is 0.659. The van der Waals surface area contributed by atoms with Crippen molar-refractivity contribution in [2.75, 3.05) is 20.1 Å². The summed E-state index contributed by atoms with van der Waals surface area (Å²) in [5.41, 5.74) is 0. The van der Waals surface area contributed by atoms with Crippen molar-refractivity contribution >= 4 is 5.91 Å². The van der Waals surface area contributed by atoms with Crippen molar-refractivity contribution in [1.29, 1.82) is 5.26 Å².